The Morgan fingerprint density at radius 3 is 2.84 bits per heavy atom. The van der Waals surface area contributed by atoms with Crippen LogP contribution >= 0.6 is 11.8 Å². The number of aliphatic imine (C=N–C) groups is 1. The van der Waals surface area contributed by atoms with E-state index in [9.17, 15) is 10.2 Å². The van der Waals surface area contributed by atoms with E-state index in [0.717, 1.165) is 5.17 Å². The second kappa shape index (κ2) is 6.87. The van der Waals surface area contributed by atoms with Crippen molar-refractivity contribution in [1.29, 1.82) is 0 Å². The smallest absolute Gasteiger partial charge is 0.159 e. The Morgan fingerprint density at radius 2 is 2.16 bits per heavy atom. The van der Waals surface area contributed by atoms with Crippen LogP contribution in [0.4, 0.5) is 0 Å². The predicted octanol–water partition coefficient (Wildman–Crippen LogP) is -1.90. The van der Waals surface area contributed by atoms with Crippen molar-refractivity contribution >= 4 is 16.9 Å². The average molecular weight is 291 g/mol. The highest BCUT2D eigenvalue weighted by Crippen LogP contribution is 2.35. The van der Waals surface area contributed by atoms with Gasteiger partial charge in [0.2, 0.25) is 0 Å². The van der Waals surface area contributed by atoms with E-state index in [1.54, 1.807) is 7.05 Å². The first kappa shape index (κ1) is 15.0. The zero-order valence-corrected chi connectivity index (χ0v) is 11.6. The molecule has 7 nitrogen and oxygen atoms in total. The van der Waals surface area contributed by atoms with Crippen LogP contribution in [0.25, 0.3) is 0 Å². The lowest BCUT2D eigenvalue weighted by molar-refractivity contribution is -0.150. The van der Waals surface area contributed by atoms with Gasteiger partial charge in [0.1, 0.15) is 29.8 Å². The molecule has 110 valence electrons. The first-order valence-corrected chi connectivity index (χ1v) is 7.30. The fraction of sp³-hybridized carbons (Fsp3) is 0.909. The summed E-state index contributed by atoms with van der Waals surface area (Å²) < 4.78 is 5.78. The first-order chi connectivity index (χ1) is 9.17. The number of ether oxygens (including phenoxy) is 1. The minimum Gasteiger partial charge on any atom is -0.396 e. The largest absolute Gasteiger partial charge is 0.396 e. The highest BCUT2D eigenvalue weighted by molar-refractivity contribution is 8.14. The highest BCUT2D eigenvalue weighted by Gasteiger charge is 2.47. The molecule has 2 aliphatic rings. The van der Waals surface area contributed by atoms with Crippen LogP contribution in [0, 0.1) is 0 Å². The SMILES string of the molecule is CNC1=N[C@@H]2[C@@H](O)[C@H](O)[C@@H](CNCCCO)O[C@@H]2S1. The van der Waals surface area contributed by atoms with Crippen LogP contribution in [0.3, 0.4) is 0 Å². The number of amidine groups is 1. The zero-order valence-electron chi connectivity index (χ0n) is 10.8. The summed E-state index contributed by atoms with van der Waals surface area (Å²) in [5.74, 6) is 0. The Kier molecular flexibility index (Phi) is 5.43. The highest BCUT2D eigenvalue weighted by atomic mass is 32.2. The molecule has 1 fully saturated rings. The standard InChI is InChI=1S/C11H21N3O4S/c1-12-11-14-7-9(17)8(16)6(18-10(7)19-11)5-13-3-2-4-15/h6-10,13,15-17H,2-5H2,1H3,(H,12,14)/t6-,7-,8-,9-,10-/m1/s1. The summed E-state index contributed by atoms with van der Waals surface area (Å²) in [5.41, 5.74) is -0.259. The quantitative estimate of drug-likeness (QED) is 0.377. The van der Waals surface area contributed by atoms with Crippen molar-refractivity contribution in [1.82, 2.24) is 10.6 Å². The Labute approximate surface area is 116 Å². The van der Waals surface area contributed by atoms with Crippen molar-refractivity contribution in [2.45, 2.75) is 36.2 Å². The van der Waals surface area contributed by atoms with Crippen LogP contribution < -0.4 is 10.6 Å². The molecular formula is C11H21N3O4S. The van der Waals surface area contributed by atoms with E-state index >= 15 is 0 Å². The lowest BCUT2D eigenvalue weighted by Crippen LogP contribution is -2.57. The van der Waals surface area contributed by atoms with Gasteiger partial charge in [-0.2, -0.15) is 0 Å². The molecule has 0 spiro atoms. The van der Waals surface area contributed by atoms with Crippen molar-refractivity contribution < 1.29 is 20.1 Å². The molecular weight excluding hydrogens is 270 g/mol. The number of thioether (sulfide) groups is 1. The van der Waals surface area contributed by atoms with Gasteiger partial charge in [0.15, 0.2) is 5.17 Å². The van der Waals surface area contributed by atoms with Gasteiger partial charge in [0, 0.05) is 20.2 Å². The van der Waals surface area contributed by atoms with E-state index in [4.69, 9.17) is 9.84 Å². The third-order valence-electron chi connectivity index (χ3n) is 3.23. The second-order valence-corrected chi connectivity index (χ2v) is 5.69. The van der Waals surface area contributed by atoms with Gasteiger partial charge in [-0.1, -0.05) is 11.8 Å². The van der Waals surface area contributed by atoms with Gasteiger partial charge in [-0.3, -0.25) is 4.99 Å². The Morgan fingerprint density at radius 1 is 1.37 bits per heavy atom. The minimum absolute atomic E-state index is 0.129. The van der Waals surface area contributed by atoms with Crippen molar-refractivity contribution in [3.8, 4) is 0 Å². The number of aliphatic hydroxyl groups excluding tert-OH is 3. The normalized spacial score (nSPS) is 37.9. The van der Waals surface area contributed by atoms with Gasteiger partial charge in [-0.25, -0.2) is 0 Å². The van der Waals surface area contributed by atoms with E-state index in [1.807, 2.05) is 0 Å². The molecule has 5 N–H and O–H groups in total. The number of aliphatic hydroxyl groups is 3. The van der Waals surface area contributed by atoms with Crippen molar-refractivity contribution in [2.75, 3.05) is 26.7 Å². The molecule has 2 aliphatic heterocycles. The van der Waals surface area contributed by atoms with Crippen molar-refractivity contribution in [2.24, 2.45) is 4.99 Å². The minimum atomic E-state index is -0.955. The summed E-state index contributed by atoms with van der Waals surface area (Å²) in [5, 5.41) is 35.6. The Bertz CT molecular complexity index is 331. The molecule has 0 radical (unpaired) electrons. The van der Waals surface area contributed by atoms with Gasteiger partial charge in [-0.05, 0) is 13.0 Å². The van der Waals surface area contributed by atoms with Crippen LogP contribution in [-0.2, 0) is 4.74 Å². The van der Waals surface area contributed by atoms with E-state index in [1.165, 1.54) is 11.8 Å². The van der Waals surface area contributed by atoms with Crippen molar-refractivity contribution in [3.63, 3.8) is 0 Å². The van der Waals surface area contributed by atoms with Gasteiger partial charge in [0.05, 0.1) is 0 Å². The average Bonchev–Trinajstić information content (AvgIpc) is 2.83. The van der Waals surface area contributed by atoms with Gasteiger partial charge in [-0.15, -0.1) is 0 Å². The molecule has 1 saturated heterocycles. The topological polar surface area (TPSA) is 106 Å². The fourth-order valence-electron chi connectivity index (χ4n) is 2.17. The maximum absolute atomic E-state index is 10.1. The number of nitrogens with zero attached hydrogens (tertiary/aromatic N) is 1. The third kappa shape index (κ3) is 3.39. The third-order valence-corrected chi connectivity index (χ3v) is 4.39. The molecule has 8 heteroatoms. The van der Waals surface area contributed by atoms with E-state index in [0.29, 0.717) is 19.5 Å². The van der Waals surface area contributed by atoms with Crippen LogP contribution in [0.5, 0.6) is 0 Å². The number of rotatable bonds is 5. The molecule has 2 heterocycles. The first-order valence-electron chi connectivity index (χ1n) is 6.42. The van der Waals surface area contributed by atoms with Crippen molar-refractivity contribution in [3.05, 3.63) is 0 Å². The van der Waals surface area contributed by atoms with Gasteiger partial charge >= 0.3 is 0 Å². The molecule has 0 saturated carbocycles. The fourth-order valence-corrected chi connectivity index (χ4v) is 3.25. The van der Waals surface area contributed by atoms with E-state index in [-0.39, 0.29) is 12.0 Å². The zero-order chi connectivity index (χ0) is 13.8. The van der Waals surface area contributed by atoms with Crippen LogP contribution in [-0.4, -0.2) is 77.0 Å². The molecule has 0 amide bonds. The molecule has 5 atom stereocenters. The molecule has 0 bridgehead atoms. The molecule has 2 rings (SSSR count). The van der Waals surface area contributed by atoms with Crippen LogP contribution in [0.1, 0.15) is 6.42 Å². The molecule has 0 aromatic rings. The number of fused-ring (bicyclic) bond motifs is 1. The molecule has 0 aromatic heterocycles. The monoisotopic (exact) mass is 291 g/mol. The Balaban J connectivity index is 1.88. The number of hydrogen-bond acceptors (Lipinski definition) is 8. The second-order valence-electron chi connectivity index (χ2n) is 4.60. The maximum atomic E-state index is 10.1. The molecule has 0 unspecified atom stereocenters. The molecule has 19 heavy (non-hydrogen) atoms. The summed E-state index contributed by atoms with van der Waals surface area (Å²) in [6, 6.07) is -0.420. The summed E-state index contributed by atoms with van der Waals surface area (Å²) in [7, 11) is 1.76. The number of nitrogens with one attached hydrogen (secondary N) is 2. The van der Waals surface area contributed by atoms with Gasteiger partial charge < -0.3 is 30.7 Å². The van der Waals surface area contributed by atoms with Crippen LogP contribution in [0.15, 0.2) is 4.99 Å². The summed E-state index contributed by atoms with van der Waals surface area (Å²) in [4.78, 5) is 4.28. The van der Waals surface area contributed by atoms with E-state index < -0.39 is 24.4 Å². The lowest BCUT2D eigenvalue weighted by atomic mass is 9.98. The summed E-state index contributed by atoms with van der Waals surface area (Å²) in [6.45, 7) is 1.22. The maximum Gasteiger partial charge on any atom is 0.159 e. The predicted molar refractivity (Wildman–Crippen MR) is 73.1 cm³/mol. The Hall–Kier alpha value is -0.380. The van der Waals surface area contributed by atoms with Crippen LogP contribution in [0.2, 0.25) is 0 Å². The summed E-state index contributed by atoms with van der Waals surface area (Å²) in [6.07, 6.45) is -1.68. The molecule has 0 aromatic carbocycles. The summed E-state index contributed by atoms with van der Waals surface area (Å²) >= 11 is 1.43. The van der Waals surface area contributed by atoms with Gasteiger partial charge in [0.25, 0.3) is 0 Å². The molecule has 0 aliphatic carbocycles. The lowest BCUT2D eigenvalue weighted by Gasteiger charge is -2.38. The van der Waals surface area contributed by atoms with E-state index in [2.05, 4.69) is 15.6 Å². The number of hydrogen-bond donors (Lipinski definition) is 5.